The third-order valence-corrected chi connectivity index (χ3v) is 9.71. The van der Waals surface area contributed by atoms with Gasteiger partial charge in [0, 0.05) is 26.2 Å². The Kier molecular flexibility index (Phi) is 17.7. The zero-order valence-corrected chi connectivity index (χ0v) is 30.9. The van der Waals surface area contributed by atoms with Gasteiger partial charge in [-0.3, -0.25) is 0 Å². The topological polar surface area (TPSA) is 98.7 Å². The summed E-state index contributed by atoms with van der Waals surface area (Å²) in [5.41, 5.74) is 0. The third kappa shape index (κ3) is 9.42. The van der Waals surface area contributed by atoms with E-state index in [1.54, 1.807) is 0 Å². The van der Waals surface area contributed by atoms with Crippen LogP contribution in [0.15, 0.2) is 0 Å². The Morgan fingerprint density at radius 3 is 0.625 bits per heavy atom. The normalized spacial score (nSPS) is 22.1. The number of carboxylic acid groups (broad SMARTS) is 2. The Hall–Kier alpha value is -0.360. The molecule has 1 saturated heterocycles. The van der Waals surface area contributed by atoms with E-state index in [0.29, 0.717) is 0 Å². The SMILES string of the molecule is C1CNCCN1.O=C(O)C(F)(F)C(F)(Cl)C(F)(F)C(F)(Cl)C(F)(F)C(F)(Cl)C(F)(F)Cl.O=C(O)C(F)(F)C(F)(Cl)C(F)(F)C(F)(Cl)C(F)(F)C(F)(Cl)C(F)(F)Cl. The molecule has 6 unspecified atom stereocenters. The molecule has 56 heavy (non-hydrogen) atoms. The number of hydrogen-bond acceptors (Lipinski definition) is 4. The molecule has 0 aromatic rings. The first kappa shape index (κ1) is 57.7. The summed E-state index contributed by atoms with van der Waals surface area (Å²) < 4.78 is 290. The van der Waals surface area contributed by atoms with Crippen LogP contribution in [0.3, 0.4) is 0 Å². The highest BCUT2D eigenvalue weighted by Crippen LogP contribution is 2.66. The molecule has 36 heteroatoms. The summed E-state index contributed by atoms with van der Waals surface area (Å²) in [4.78, 5) is 20.1. The van der Waals surface area contributed by atoms with Crippen LogP contribution in [0.2, 0.25) is 0 Å². The molecule has 6 atom stereocenters. The highest BCUT2D eigenvalue weighted by Gasteiger charge is 2.92. The van der Waals surface area contributed by atoms with Gasteiger partial charge in [0.25, 0.3) is 0 Å². The van der Waals surface area contributed by atoms with E-state index < -0.39 is 89.0 Å². The van der Waals surface area contributed by atoms with Crippen LogP contribution < -0.4 is 10.6 Å². The van der Waals surface area contributed by atoms with Gasteiger partial charge in [-0.05, 0) is 23.2 Å². The van der Waals surface area contributed by atoms with E-state index in [2.05, 4.69) is 103 Å². The summed E-state index contributed by atoms with van der Waals surface area (Å²) in [6.45, 7) is 4.56. The zero-order valence-electron chi connectivity index (χ0n) is 24.9. The molecule has 0 amide bonds. The number of rotatable bonds is 14. The molecule has 1 rings (SSSR count). The lowest BCUT2D eigenvalue weighted by atomic mass is 9.94. The molecular weight excluding hydrogens is 1030 g/mol. The van der Waals surface area contributed by atoms with Gasteiger partial charge in [-0.1, -0.05) is 69.6 Å². The first-order valence-corrected chi connectivity index (χ1v) is 15.5. The third-order valence-electron chi connectivity index (χ3n) is 6.15. The lowest BCUT2D eigenvalue weighted by Crippen LogP contribution is -2.72. The molecule has 0 aliphatic carbocycles. The Labute approximate surface area is 334 Å². The van der Waals surface area contributed by atoms with Crippen LogP contribution in [0.25, 0.3) is 0 Å². The molecule has 0 radical (unpaired) electrons. The smallest absolute Gasteiger partial charge is 0.395 e. The summed E-state index contributed by atoms with van der Waals surface area (Å²) >= 11 is 30.8. The van der Waals surface area contributed by atoms with Crippen LogP contribution in [0, 0.1) is 0 Å². The quantitative estimate of drug-likeness (QED) is 0.102. The lowest BCUT2D eigenvalue weighted by Gasteiger charge is -2.43. The van der Waals surface area contributed by atoms with E-state index in [9.17, 15) is 106 Å². The molecule has 1 fully saturated rings. The molecule has 4 N–H and O–H groups in total. The Bertz CT molecular complexity index is 1280. The first-order valence-electron chi connectivity index (χ1n) is 12.4. The molecule has 1 aliphatic heterocycles. The van der Waals surface area contributed by atoms with Gasteiger partial charge >= 0.3 is 89.0 Å². The van der Waals surface area contributed by atoms with E-state index in [1.807, 2.05) is 0 Å². The van der Waals surface area contributed by atoms with Crippen molar-refractivity contribution in [1.29, 1.82) is 0 Å². The summed E-state index contributed by atoms with van der Waals surface area (Å²) in [5.74, 6) is -49.4. The molecule has 1 aliphatic rings. The van der Waals surface area contributed by atoms with Crippen molar-refractivity contribution in [2.75, 3.05) is 26.2 Å². The Morgan fingerprint density at radius 1 is 0.339 bits per heavy atom. The fourth-order valence-electron chi connectivity index (χ4n) is 2.81. The fraction of sp³-hybridized carbons (Fsp3) is 0.900. The monoisotopic (exact) mass is 1040 g/mol. The second-order valence-electron chi connectivity index (χ2n) is 10.00. The lowest BCUT2D eigenvalue weighted by molar-refractivity contribution is -0.305. The van der Waals surface area contributed by atoms with Gasteiger partial charge < -0.3 is 20.8 Å². The van der Waals surface area contributed by atoms with Crippen molar-refractivity contribution in [3.05, 3.63) is 0 Å². The van der Waals surface area contributed by atoms with Crippen LogP contribution in [0.4, 0.5) is 96.6 Å². The molecule has 0 saturated carbocycles. The fourth-order valence-corrected chi connectivity index (χ4v) is 4.44. The number of nitrogens with one attached hydrogen (secondary N) is 2. The minimum Gasteiger partial charge on any atom is -0.477 e. The average Bonchev–Trinajstić information content (AvgIpc) is 3.00. The van der Waals surface area contributed by atoms with Gasteiger partial charge in [-0.25, -0.2) is 35.9 Å². The summed E-state index contributed by atoms with van der Waals surface area (Å²) in [6, 6.07) is 0. The van der Waals surface area contributed by atoms with E-state index in [1.165, 1.54) is 0 Å². The van der Waals surface area contributed by atoms with E-state index in [4.69, 9.17) is 10.2 Å². The number of carboxylic acids is 2. The Morgan fingerprint density at radius 2 is 0.500 bits per heavy atom. The van der Waals surface area contributed by atoms with Crippen molar-refractivity contribution in [3.8, 4) is 0 Å². The summed E-state index contributed by atoms with van der Waals surface area (Å²) in [7, 11) is 0. The zero-order chi connectivity index (χ0) is 46.4. The number of aliphatic carboxylic acids is 2. The highest BCUT2D eigenvalue weighted by molar-refractivity contribution is 6.35. The minimum absolute atomic E-state index is 1.14. The van der Waals surface area contributed by atoms with Crippen LogP contribution in [0.5, 0.6) is 0 Å². The van der Waals surface area contributed by atoms with Gasteiger partial charge in [0.1, 0.15) is 0 Å². The summed E-state index contributed by atoms with van der Waals surface area (Å²) in [6.07, 6.45) is 0. The number of carbonyl (C=O) groups is 2. The van der Waals surface area contributed by atoms with Crippen molar-refractivity contribution in [2.45, 2.75) is 77.1 Å². The highest BCUT2D eigenvalue weighted by atomic mass is 35.5. The van der Waals surface area contributed by atoms with E-state index in [0.717, 1.165) is 26.2 Å². The van der Waals surface area contributed by atoms with Crippen molar-refractivity contribution in [3.63, 3.8) is 0 Å². The molecule has 0 spiro atoms. The van der Waals surface area contributed by atoms with E-state index in [-0.39, 0.29) is 0 Å². The van der Waals surface area contributed by atoms with Crippen molar-refractivity contribution < 1.29 is 116 Å². The van der Waals surface area contributed by atoms with E-state index >= 15 is 0 Å². The molecular formula is C20H12Cl8F22N2O4. The number of alkyl halides is 30. The predicted octanol–water partition coefficient (Wildman–Crippen LogP) is 10.2. The summed E-state index contributed by atoms with van der Waals surface area (Å²) in [5, 5.41) is -29.4. The predicted molar refractivity (Wildman–Crippen MR) is 150 cm³/mol. The maximum atomic E-state index is 13.7. The van der Waals surface area contributed by atoms with Crippen molar-refractivity contribution in [2.24, 2.45) is 0 Å². The van der Waals surface area contributed by atoms with Crippen LogP contribution in [-0.4, -0.2) is 125 Å². The minimum atomic E-state index is -7.23. The van der Waals surface area contributed by atoms with Gasteiger partial charge in [0.15, 0.2) is 0 Å². The molecule has 0 aromatic heterocycles. The Balaban J connectivity index is 0. The average molecular weight is 1050 g/mol. The van der Waals surface area contributed by atoms with Crippen molar-refractivity contribution in [1.82, 2.24) is 10.6 Å². The first-order chi connectivity index (χ1) is 23.9. The van der Waals surface area contributed by atoms with Gasteiger partial charge in [-0.2, -0.15) is 70.2 Å². The van der Waals surface area contributed by atoms with Crippen molar-refractivity contribution >= 4 is 105 Å². The van der Waals surface area contributed by atoms with Gasteiger partial charge in [-0.15, -0.1) is 0 Å². The number of halogens is 30. The standard InChI is InChI=1S/2C8HCl4F11O2.C4H10N2/c2*9-3(15,2(13,14)1(24)25)6(18,19)4(10,16)7(20,21)5(11,17)8(12,22)23;1-2-6-4-3-5-1/h2*(H,24,25);5-6H,1-4H2. The van der Waals surface area contributed by atoms with Crippen LogP contribution >= 0.6 is 92.8 Å². The number of piperazine rings is 1. The maximum Gasteiger partial charge on any atom is 0.395 e. The molecule has 0 bridgehead atoms. The van der Waals surface area contributed by atoms with Crippen LogP contribution in [0.1, 0.15) is 0 Å². The molecule has 6 nitrogen and oxygen atoms in total. The van der Waals surface area contributed by atoms with Gasteiger partial charge in [0.2, 0.25) is 0 Å². The maximum absolute atomic E-state index is 13.7. The van der Waals surface area contributed by atoms with Gasteiger partial charge in [0.05, 0.1) is 0 Å². The second kappa shape index (κ2) is 17.2. The molecule has 336 valence electrons. The molecule has 1 heterocycles. The second-order valence-corrected chi connectivity index (χ2v) is 14.1. The largest absolute Gasteiger partial charge is 0.477 e. The molecule has 0 aromatic carbocycles. The van der Waals surface area contributed by atoms with Crippen LogP contribution in [-0.2, 0) is 9.59 Å². The number of hydrogen-bond donors (Lipinski definition) is 4.